The number of halogens is 4. The average molecular weight is 274 g/mol. The third-order valence-electron chi connectivity index (χ3n) is 2.79. The lowest BCUT2D eigenvalue weighted by molar-refractivity contribution is -0.140. The third-order valence-corrected chi connectivity index (χ3v) is 2.79. The number of hydrogen-bond acceptors (Lipinski definition) is 2. The number of alkyl halides is 3. The highest BCUT2D eigenvalue weighted by molar-refractivity contribution is 5.35. The molecule has 7 heteroatoms. The van der Waals surface area contributed by atoms with E-state index in [1.165, 1.54) is 19.3 Å². The predicted octanol–water partition coefficient (Wildman–Crippen LogP) is 2.82. The number of hydrogen-bond donors (Lipinski definition) is 2. The number of aliphatic hydroxyl groups is 1. The van der Waals surface area contributed by atoms with Gasteiger partial charge >= 0.3 is 6.18 Å². The lowest BCUT2D eigenvalue weighted by Crippen LogP contribution is -2.27. The molecule has 102 valence electrons. The van der Waals surface area contributed by atoms with Gasteiger partial charge in [0, 0.05) is 18.0 Å². The van der Waals surface area contributed by atoms with Crippen molar-refractivity contribution in [3.63, 3.8) is 0 Å². The number of nitrogens with zero attached hydrogens (tertiary/aromatic N) is 1. The van der Waals surface area contributed by atoms with Crippen molar-refractivity contribution in [2.24, 2.45) is 0 Å². The molecule has 0 radical (unpaired) electrons. The molecule has 2 aromatic rings. The van der Waals surface area contributed by atoms with Crippen LogP contribution in [0.2, 0.25) is 0 Å². The second-order valence-electron chi connectivity index (χ2n) is 4.17. The Morgan fingerprint density at radius 2 is 1.84 bits per heavy atom. The van der Waals surface area contributed by atoms with Gasteiger partial charge < -0.3 is 10.1 Å². The molecule has 0 spiro atoms. The lowest BCUT2D eigenvalue weighted by atomic mass is 9.93. The van der Waals surface area contributed by atoms with Gasteiger partial charge in [0.25, 0.3) is 0 Å². The summed E-state index contributed by atoms with van der Waals surface area (Å²) in [5, 5.41) is 10.2. The summed E-state index contributed by atoms with van der Waals surface area (Å²) in [6.07, 6.45) is -2.12. The zero-order valence-corrected chi connectivity index (χ0v) is 9.79. The predicted molar refractivity (Wildman–Crippen MR) is 58.7 cm³/mol. The molecular weight excluding hydrogens is 264 g/mol. The first-order chi connectivity index (χ1) is 8.74. The molecule has 1 heterocycles. The first-order valence-corrected chi connectivity index (χ1v) is 5.33. The van der Waals surface area contributed by atoms with E-state index in [0.717, 1.165) is 12.1 Å². The zero-order valence-electron chi connectivity index (χ0n) is 9.79. The molecule has 0 bridgehead atoms. The van der Waals surface area contributed by atoms with Gasteiger partial charge in [-0.3, -0.25) is 0 Å². The molecule has 0 aliphatic carbocycles. The average Bonchev–Trinajstić information content (AvgIpc) is 2.81. The first kappa shape index (κ1) is 13.5. The molecule has 0 aliphatic rings. The van der Waals surface area contributed by atoms with Crippen LogP contribution in [0.5, 0.6) is 0 Å². The first-order valence-electron chi connectivity index (χ1n) is 5.33. The van der Waals surface area contributed by atoms with E-state index in [-0.39, 0.29) is 5.82 Å². The van der Waals surface area contributed by atoms with Crippen LogP contribution in [0.15, 0.2) is 30.6 Å². The number of rotatable bonds is 2. The normalized spacial score (nSPS) is 15.3. The van der Waals surface area contributed by atoms with Crippen LogP contribution in [0.4, 0.5) is 17.6 Å². The molecule has 0 saturated heterocycles. The maximum Gasteiger partial charge on any atom is 0.419 e. The number of nitrogens with one attached hydrogen (secondary N) is 1. The van der Waals surface area contributed by atoms with Crippen LogP contribution >= 0.6 is 0 Å². The highest BCUT2D eigenvalue weighted by Crippen LogP contribution is 2.36. The molecule has 3 nitrogen and oxygen atoms in total. The van der Waals surface area contributed by atoms with Crippen molar-refractivity contribution in [2.45, 2.75) is 18.7 Å². The Bertz CT molecular complexity index is 576. The van der Waals surface area contributed by atoms with E-state index >= 15 is 0 Å². The van der Waals surface area contributed by atoms with Crippen molar-refractivity contribution in [1.29, 1.82) is 0 Å². The Hall–Kier alpha value is -1.89. The summed E-state index contributed by atoms with van der Waals surface area (Å²) >= 11 is 0. The summed E-state index contributed by atoms with van der Waals surface area (Å²) in [5.74, 6) is -1.54. The van der Waals surface area contributed by atoms with Gasteiger partial charge in [0.1, 0.15) is 17.2 Å². The Kier molecular flexibility index (Phi) is 3.09. The van der Waals surface area contributed by atoms with E-state index < -0.39 is 28.7 Å². The van der Waals surface area contributed by atoms with Crippen LogP contribution in [0, 0.1) is 5.82 Å². The van der Waals surface area contributed by atoms with Gasteiger partial charge in [0.15, 0.2) is 0 Å². The number of aromatic nitrogens is 2. The molecule has 0 aliphatic heterocycles. The molecule has 2 rings (SSSR count). The van der Waals surface area contributed by atoms with Gasteiger partial charge in [-0.1, -0.05) is 12.1 Å². The highest BCUT2D eigenvalue weighted by atomic mass is 19.4. The van der Waals surface area contributed by atoms with Crippen LogP contribution in [-0.2, 0) is 11.8 Å². The topological polar surface area (TPSA) is 48.9 Å². The summed E-state index contributed by atoms with van der Waals surface area (Å²) < 4.78 is 51.8. The summed E-state index contributed by atoms with van der Waals surface area (Å²) in [6.45, 7) is 1.17. The Balaban J connectivity index is 2.58. The molecule has 1 aromatic heterocycles. The molecule has 0 amide bonds. The quantitative estimate of drug-likeness (QED) is 0.827. The van der Waals surface area contributed by atoms with Crippen LogP contribution in [-0.4, -0.2) is 15.1 Å². The highest BCUT2D eigenvalue weighted by Gasteiger charge is 2.39. The fourth-order valence-electron chi connectivity index (χ4n) is 1.79. The number of imidazole rings is 1. The fraction of sp³-hybridized carbons (Fsp3) is 0.250. The van der Waals surface area contributed by atoms with Crippen LogP contribution in [0.3, 0.4) is 0 Å². The van der Waals surface area contributed by atoms with Gasteiger partial charge in [0.05, 0.1) is 5.56 Å². The molecule has 1 aromatic carbocycles. The third kappa shape index (κ3) is 2.33. The van der Waals surface area contributed by atoms with E-state index in [0.29, 0.717) is 6.07 Å². The molecule has 19 heavy (non-hydrogen) atoms. The second-order valence-corrected chi connectivity index (χ2v) is 4.17. The summed E-state index contributed by atoms with van der Waals surface area (Å²) in [7, 11) is 0. The monoisotopic (exact) mass is 274 g/mol. The van der Waals surface area contributed by atoms with Crippen molar-refractivity contribution in [1.82, 2.24) is 9.97 Å². The van der Waals surface area contributed by atoms with Gasteiger partial charge in [-0.25, -0.2) is 9.37 Å². The molecule has 0 saturated carbocycles. The minimum absolute atomic E-state index is 0.0364. The van der Waals surface area contributed by atoms with Gasteiger partial charge in [-0.2, -0.15) is 13.2 Å². The smallest absolute Gasteiger partial charge is 0.377 e. The molecule has 1 atom stereocenters. The summed E-state index contributed by atoms with van der Waals surface area (Å²) in [5.41, 5.74) is -3.89. The zero-order chi connectivity index (χ0) is 14.3. The van der Waals surface area contributed by atoms with Crippen molar-refractivity contribution >= 4 is 0 Å². The SMILES string of the molecule is CC(O)(c1ncc[nH]1)c1cccc(C(F)(F)F)c1F. The molecule has 1 unspecified atom stereocenters. The second kappa shape index (κ2) is 4.34. The number of H-pyrrole nitrogens is 1. The van der Waals surface area contributed by atoms with Crippen LogP contribution in [0.1, 0.15) is 23.9 Å². The van der Waals surface area contributed by atoms with Crippen LogP contribution < -0.4 is 0 Å². The van der Waals surface area contributed by atoms with E-state index in [2.05, 4.69) is 9.97 Å². The van der Waals surface area contributed by atoms with Crippen molar-refractivity contribution in [3.05, 3.63) is 53.4 Å². The minimum atomic E-state index is -4.82. The van der Waals surface area contributed by atoms with Gasteiger partial charge in [-0.05, 0) is 13.0 Å². The maximum atomic E-state index is 13.9. The minimum Gasteiger partial charge on any atom is -0.377 e. The standard InChI is InChI=1S/C12H10F4N2O/c1-11(19,10-17-5-6-18-10)7-3-2-4-8(9(7)13)12(14,15)16/h2-6,19H,1H3,(H,17,18). The largest absolute Gasteiger partial charge is 0.419 e. The summed E-state index contributed by atoms with van der Waals surface area (Å²) in [4.78, 5) is 6.30. The number of aromatic amines is 1. The molecule has 2 N–H and O–H groups in total. The summed E-state index contributed by atoms with van der Waals surface area (Å²) in [6, 6.07) is 2.75. The van der Waals surface area contributed by atoms with Crippen molar-refractivity contribution in [3.8, 4) is 0 Å². The Morgan fingerprint density at radius 3 is 2.37 bits per heavy atom. The van der Waals surface area contributed by atoms with Gasteiger partial charge in [-0.15, -0.1) is 0 Å². The Morgan fingerprint density at radius 1 is 1.21 bits per heavy atom. The lowest BCUT2D eigenvalue weighted by Gasteiger charge is -2.23. The maximum absolute atomic E-state index is 13.9. The van der Waals surface area contributed by atoms with E-state index in [4.69, 9.17) is 0 Å². The van der Waals surface area contributed by atoms with Crippen molar-refractivity contribution < 1.29 is 22.7 Å². The number of benzene rings is 1. The Labute approximate surface area is 105 Å². The van der Waals surface area contributed by atoms with Crippen LogP contribution in [0.25, 0.3) is 0 Å². The van der Waals surface area contributed by atoms with E-state index in [1.807, 2.05) is 0 Å². The fourth-order valence-corrected chi connectivity index (χ4v) is 1.79. The van der Waals surface area contributed by atoms with Gasteiger partial charge in [0.2, 0.25) is 0 Å². The van der Waals surface area contributed by atoms with E-state index in [9.17, 15) is 22.7 Å². The van der Waals surface area contributed by atoms with Crippen molar-refractivity contribution in [2.75, 3.05) is 0 Å². The molecular formula is C12H10F4N2O. The van der Waals surface area contributed by atoms with E-state index in [1.54, 1.807) is 0 Å². The molecule has 0 fully saturated rings.